The molecule has 2 N–H and O–H groups in total. The smallest absolute Gasteiger partial charge is 0.268 e. The van der Waals surface area contributed by atoms with Crippen molar-refractivity contribution in [1.82, 2.24) is 24.9 Å². The predicted octanol–water partition coefficient (Wildman–Crippen LogP) is 3.48. The van der Waals surface area contributed by atoms with Crippen molar-refractivity contribution in [2.45, 2.75) is 19.9 Å². The van der Waals surface area contributed by atoms with Crippen LogP contribution in [-0.2, 0) is 0 Å². The number of aromatic amines is 1. The molecule has 0 aliphatic heterocycles. The molecule has 4 aromatic rings. The molecule has 0 fully saturated rings. The second-order valence-corrected chi connectivity index (χ2v) is 6.60. The van der Waals surface area contributed by atoms with Gasteiger partial charge in [-0.05, 0) is 42.3 Å². The first-order chi connectivity index (χ1) is 12.5. The Morgan fingerprint density at radius 1 is 1.19 bits per heavy atom. The number of amides is 1. The summed E-state index contributed by atoms with van der Waals surface area (Å²) in [5.74, 6) is 0.172. The van der Waals surface area contributed by atoms with Crippen LogP contribution in [-0.4, -0.2) is 25.5 Å². The Bertz CT molecular complexity index is 1100. The number of aromatic nitrogens is 4. The van der Waals surface area contributed by atoms with Gasteiger partial charge in [-0.2, -0.15) is 0 Å². The molecular formula is C19H18FN5O. The average Bonchev–Trinajstić information content (AvgIpc) is 3.23. The minimum absolute atomic E-state index is 0.105. The summed E-state index contributed by atoms with van der Waals surface area (Å²) < 4.78 is 15.2. The highest BCUT2D eigenvalue weighted by Crippen LogP contribution is 2.22. The molecule has 0 aliphatic carbocycles. The van der Waals surface area contributed by atoms with E-state index >= 15 is 0 Å². The Morgan fingerprint density at radius 3 is 2.85 bits per heavy atom. The summed E-state index contributed by atoms with van der Waals surface area (Å²) in [4.78, 5) is 15.8. The number of benzene rings is 1. The highest BCUT2D eigenvalue weighted by molar-refractivity contribution is 5.98. The first kappa shape index (κ1) is 16.3. The van der Waals surface area contributed by atoms with Crippen LogP contribution >= 0.6 is 0 Å². The SMILES string of the molecule is CC(C)C(NC(=O)c1cc2cc(F)ccc2[nH]1)c1nnc2ccccn12. The quantitative estimate of drug-likeness (QED) is 0.591. The van der Waals surface area contributed by atoms with Gasteiger partial charge in [0, 0.05) is 17.1 Å². The molecule has 1 aromatic carbocycles. The number of fused-ring (bicyclic) bond motifs is 2. The highest BCUT2D eigenvalue weighted by atomic mass is 19.1. The topological polar surface area (TPSA) is 75.1 Å². The second-order valence-electron chi connectivity index (χ2n) is 6.60. The zero-order valence-corrected chi connectivity index (χ0v) is 14.4. The third-order valence-electron chi connectivity index (χ3n) is 4.40. The maximum atomic E-state index is 13.4. The summed E-state index contributed by atoms with van der Waals surface area (Å²) in [5, 5.41) is 12.1. The number of nitrogens with zero attached hydrogens (tertiary/aromatic N) is 3. The van der Waals surface area contributed by atoms with E-state index in [1.54, 1.807) is 12.1 Å². The highest BCUT2D eigenvalue weighted by Gasteiger charge is 2.24. The molecule has 132 valence electrons. The maximum Gasteiger partial charge on any atom is 0.268 e. The fraction of sp³-hybridized carbons (Fsp3) is 0.211. The van der Waals surface area contributed by atoms with Gasteiger partial charge in [0.25, 0.3) is 5.91 Å². The largest absolute Gasteiger partial charge is 0.351 e. The third kappa shape index (κ3) is 2.81. The van der Waals surface area contributed by atoms with Crippen molar-refractivity contribution in [3.8, 4) is 0 Å². The second kappa shape index (κ2) is 6.25. The molecule has 4 rings (SSSR count). The summed E-state index contributed by atoms with van der Waals surface area (Å²) in [6, 6.07) is 11.4. The van der Waals surface area contributed by atoms with E-state index in [1.165, 1.54) is 12.1 Å². The fourth-order valence-electron chi connectivity index (χ4n) is 3.05. The fourth-order valence-corrected chi connectivity index (χ4v) is 3.05. The summed E-state index contributed by atoms with van der Waals surface area (Å²) in [7, 11) is 0. The van der Waals surface area contributed by atoms with Gasteiger partial charge in [-0.3, -0.25) is 9.20 Å². The molecule has 1 atom stereocenters. The number of halogens is 1. The van der Waals surface area contributed by atoms with Crippen molar-refractivity contribution in [1.29, 1.82) is 0 Å². The molecule has 0 bridgehead atoms. The minimum atomic E-state index is -0.335. The lowest BCUT2D eigenvalue weighted by Gasteiger charge is -2.20. The van der Waals surface area contributed by atoms with Gasteiger partial charge in [0.2, 0.25) is 0 Å². The first-order valence-corrected chi connectivity index (χ1v) is 8.42. The number of hydrogen-bond donors (Lipinski definition) is 2. The number of nitrogens with one attached hydrogen (secondary N) is 2. The van der Waals surface area contributed by atoms with Crippen LogP contribution < -0.4 is 5.32 Å². The average molecular weight is 351 g/mol. The van der Waals surface area contributed by atoms with E-state index < -0.39 is 0 Å². The van der Waals surface area contributed by atoms with E-state index in [4.69, 9.17) is 0 Å². The van der Waals surface area contributed by atoms with Gasteiger partial charge in [0.15, 0.2) is 11.5 Å². The Hall–Kier alpha value is -3.22. The van der Waals surface area contributed by atoms with Crippen LogP contribution in [0.2, 0.25) is 0 Å². The van der Waals surface area contributed by atoms with Gasteiger partial charge in [-0.1, -0.05) is 19.9 Å². The van der Waals surface area contributed by atoms with Crippen LogP contribution in [0.25, 0.3) is 16.6 Å². The first-order valence-electron chi connectivity index (χ1n) is 8.42. The molecule has 0 spiro atoms. The van der Waals surface area contributed by atoms with Gasteiger partial charge in [-0.25, -0.2) is 4.39 Å². The lowest BCUT2D eigenvalue weighted by atomic mass is 10.0. The van der Waals surface area contributed by atoms with Crippen molar-refractivity contribution in [2.75, 3.05) is 0 Å². The Morgan fingerprint density at radius 2 is 2.04 bits per heavy atom. The molecule has 0 saturated carbocycles. The Balaban J connectivity index is 1.66. The van der Waals surface area contributed by atoms with E-state index in [0.717, 1.165) is 5.65 Å². The molecule has 1 amide bonds. The van der Waals surface area contributed by atoms with Gasteiger partial charge in [0.1, 0.15) is 11.5 Å². The van der Waals surface area contributed by atoms with E-state index in [-0.39, 0.29) is 23.7 Å². The van der Waals surface area contributed by atoms with Gasteiger partial charge >= 0.3 is 0 Å². The Kier molecular flexibility index (Phi) is 3.91. The molecule has 26 heavy (non-hydrogen) atoms. The number of carbonyl (C=O) groups excluding carboxylic acids is 1. The number of rotatable bonds is 4. The van der Waals surface area contributed by atoms with Crippen molar-refractivity contribution < 1.29 is 9.18 Å². The Labute approximate surface area is 149 Å². The van der Waals surface area contributed by atoms with Crippen LogP contribution in [0, 0.1) is 11.7 Å². The van der Waals surface area contributed by atoms with Crippen molar-refractivity contribution in [3.63, 3.8) is 0 Å². The molecule has 1 unspecified atom stereocenters. The van der Waals surface area contributed by atoms with Crippen LogP contribution in [0.1, 0.15) is 36.2 Å². The molecule has 0 aliphatic rings. The molecule has 6 nitrogen and oxygen atoms in total. The zero-order valence-electron chi connectivity index (χ0n) is 14.4. The van der Waals surface area contributed by atoms with Crippen LogP contribution in [0.5, 0.6) is 0 Å². The zero-order chi connectivity index (χ0) is 18.3. The van der Waals surface area contributed by atoms with Crippen molar-refractivity contribution in [3.05, 3.63) is 66.0 Å². The van der Waals surface area contributed by atoms with Gasteiger partial charge in [0.05, 0.1) is 6.04 Å². The van der Waals surface area contributed by atoms with Gasteiger partial charge in [-0.15, -0.1) is 10.2 Å². The van der Waals surface area contributed by atoms with Crippen LogP contribution in [0.4, 0.5) is 4.39 Å². The number of pyridine rings is 1. The van der Waals surface area contributed by atoms with E-state index in [0.29, 0.717) is 22.4 Å². The summed E-state index contributed by atoms with van der Waals surface area (Å²) in [6.45, 7) is 4.02. The molecule has 0 saturated heterocycles. The molecule has 3 aromatic heterocycles. The molecule has 7 heteroatoms. The van der Waals surface area contributed by atoms with E-state index in [1.807, 2.05) is 42.6 Å². The van der Waals surface area contributed by atoms with Crippen LogP contribution in [0.3, 0.4) is 0 Å². The van der Waals surface area contributed by atoms with Crippen molar-refractivity contribution in [2.24, 2.45) is 5.92 Å². The summed E-state index contributed by atoms with van der Waals surface area (Å²) >= 11 is 0. The van der Waals surface area contributed by atoms with E-state index in [2.05, 4.69) is 20.5 Å². The number of H-pyrrole nitrogens is 1. The lowest BCUT2D eigenvalue weighted by molar-refractivity contribution is 0.0918. The number of hydrogen-bond acceptors (Lipinski definition) is 3. The number of carbonyl (C=O) groups is 1. The van der Waals surface area contributed by atoms with Crippen LogP contribution in [0.15, 0.2) is 48.7 Å². The summed E-state index contributed by atoms with van der Waals surface area (Å²) in [6.07, 6.45) is 1.87. The standard InChI is InChI=1S/C19H18FN5O/c1-11(2)17(18-24-23-16-5-3-4-8-25(16)18)22-19(26)15-10-12-9-13(20)6-7-14(12)21-15/h3-11,17,21H,1-2H3,(H,22,26). The predicted molar refractivity (Wildman–Crippen MR) is 96.3 cm³/mol. The maximum absolute atomic E-state index is 13.4. The molecular weight excluding hydrogens is 333 g/mol. The minimum Gasteiger partial charge on any atom is -0.351 e. The lowest BCUT2D eigenvalue weighted by Crippen LogP contribution is -2.33. The van der Waals surface area contributed by atoms with Gasteiger partial charge < -0.3 is 10.3 Å². The van der Waals surface area contributed by atoms with Crippen molar-refractivity contribution >= 4 is 22.5 Å². The summed E-state index contributed by atoms with van der Waals surface area (Å²) in [5.41, 5.74) is 1.82. The molecule has 0 radical (unpaired) electrons. The monoisotopic (exact) mass is 351 g/mol. The third-order valence-corrected chi connectivity index (χ3v) is 4.40. The van der Waals surface area contributed by atoms with E-state index in [9.17, 15) is 9.18 Å². The molecule has 3 heterocycles. The normalized spacial score (nSPS) is 12.8.